The van der Waals surface area contributed by atoms with Crippen LogP contribution in [0.3, 0.4) is 0 Å². The summed E-state index contributed by atoms with van der Waals surface area (Å²) in [5.74, 6) is -0.173. The monoisotopic (exact) mass is 280 g/mol. The summed E-state index contributed by atoms with van der Waals surface area (Å²) in [6.45, 7) is 6.47. The van der Waals surface area contributed by atoms with E-state index in [1.54, 1.807) is 0 Å². The summed E-state index contributed by atoms with van der Waals surface area (Å²) in [6.07, 6.45) is 1.47. The van der Waals surface area contributed by atoms with Crippen LogP contribution in [0.2, 0.25) is 0 Å². The molecule has 6 heteroatoms. The molecule has 17 heavy (non-hydrogen) atoms. The number of ether oxygens (including phenoxy) is 1. The number of nitrogens with zero attached hydrogens (tertiary/aromatic N) is 1. The maximum Gasteiger partial charge on any atom is 0.246 e. The second-order valence-corrected chi connectivity index (χ2v) is 5.23. The molecule has 1 aliphatic heterocycles. The van der Waals surface area contributed by atoms with Gasteiger partial charge in [-0.1, -0.05) is 23.2 Å². The molecule has 0 aromatic rings. The molecule has 1 fully saturated rings. The van der Waals surface area contributed by atoms with Gasteiger partial charge in [0.15, 0.2) is 0 Å². The molecular weight excluding hydrogens is 263 g/mol. The highest BCUT2D eigenvalue weighted by atomic mass is 35.5. The number of morpholine rings is 1. The van der Waals surface area contributed by atoms with Gasteiger partial charge >= 0.3 is 0 Å². The fourth-order valence-corrected chi connectivity index (χ4v) is 1.98. The van der Waals surface area contributed by atoms with Crippen molar-refractivity contribution in [3.05, 3.63) is 11.8 Å². The molecule has 1 saturated heterocycles. The molecule has 0 aromatic heterocycles. The van der Waals surface area contributed by atoms with Gasteiger partial charge in [0, 0.05) is 25.2 Å². The normalized spacial score (nSPS) is 17.8. The van der Waals surface area contributed by atoms with E-state index < -0.39 is 4.84 Å². The summed E-state index contributed by atoms with van der Waals surface area (Å²) >= 11 is 11.8. The van der Waals surface area contributed by atoms with E-state index in [1.807, 2.05) is 18.7 Å². The van der Waals surface area contributed by atoms with Gasteiger partial charge in [0.1, 0.15) is 4.84 Å². The Morgan fingerprint density at radius 3 is 2.41 bits per heavy atom. The Bertz CT molecular complexity index is 287. The molecular formula is C11H18Cl2N2O2. The summed E-state index contributed by atoms with van der Waals surface area (Å²) in [4.78, 5) is 12.9. The lowest BCUT2D eigenvalue weighted by Crippen LogP contribution is -2.38. The standard InChI is InChI=1S/C11H18Cl2N2O2/c1-8(2)14-10(16)7-9(11(12)13)15-3-5-17-6-4-15/h7-8,11H,3-6H2,1-2H3,(H,14,16)/b9-7+. The molecule has 1 rings (SSSR count). The van der Waals surface area contributed by atoms with Crippen molar-refractivity contribution in [3.63, 3.8) is 0 Å². The average Bonchev–Trinajstić information content (AvgIpc) is 2.25. The highest BCUT2D eigenvalue weighted by molar-refractivity contribution is 6.46. The second-order valence-electron chi connectivity index (χ2n) is 4.13. The maximum absolute atomic E-state index is 11.6. The summed E-state index contributed by atoms with van der Waals surface area (Å²) in [5.41, 5.74) is 0.634. The van der Waals surface area contributed by atoms with E-state index in [2.05, 4.69) is 5.32 Å². The molecule has 0 spiro atoms. The molecule has 0 bridgehead atoms. The first kappa shape index (κ1) is 14.6. The first-order valence-corrected chi connectivity index (χ1v) is 6.51. The van der Waals surface area contributed by atoms with Crippen LogP contribution in [-0.4, -0.2) is 48.0 Å². The Balaban J connectivity index is 2.69. The Morgan fingerprint density at radius 1 is 1.35 bits per heavy atom. The number of hydrogen-bond acceptors (Lipinski definition) is 3. The van der Waals surface area contributed by atoms with Gasteiger partial charge in [-0.3, -0.25) is 4.79 Å². The van der Waals surface area contributed by atoms with Gasteiger partial charge in [-0.2, -0.15) is 0 Å². The van der Waals surface area contributed by atoms with Crippen LogP contribution in [0.1, 0.15) is 13.8 Å². The lowest BCUT2D eigenvalue weighted by atomic mass is 10.3. The molecule has 0 atom stereocenters. The minimum Gasteiger partial charge on any atom is -0.378 e. The minimum atomic E-state index is -0.703. The summed E-state index contributed by atoms with van der Waals surface area (Å²) in [6, 6.07) is 0.0915. The van der Waals surface area contributed by atoms with E-state index in [-0.39, 0.29) is 11.9 Å². The number of carbonyl (C=O) groups is 1. The van der Waals surface area contributed by atoms with E-state index in [1.165, 1.54) is 6.08 Å². The molecule has 4 nitrogen and oxygen atoms in total. The minimum absolute atomic E-state index is 0.0915. The summed E-state index contributed by atoms with van der Waals surface area (Å²) < 4.78 is 5.24. The third-order valence-electron chi connectivity index (χ3n) is 2.31. The first-order valence-electron chi connectivity index (χ1n) is 5.63. The lowest BCUT2D eigenvalue weighted by molar-refractivity contribution is -0.117. The zero-order chi connectivity index (χ0) is 12.8. The van der Waals surface area contributed by atoms with Crippen molar-refractivity contribution in [1.29, 1.82) is 0 Å². The Morgan fingerprint density at radius 2 is 1.94 bits per heavy atom. The van der Waals surface area contributed by atoms with Gasteiger partial charge in [-0.05, 0) is 13.8 Å². The van der Waals surface area contributed by atoms with Crippen molar-refractivity contribution in [2.45, 2.75) is 24.7 Å². The SMILES string of the molecule is CC(C)NC(=O)/C=C(\C(Cl)Cl)N1CCOCC1. The zero-order valence-corrected chi connectivity index (χ0v) is 11.6. The van der Waals surface area contributed by atoms with Crippen LogP contribution in [0.4, 0.5) is 0 Å². The highest BCUT2D eigenvalue weighted by Crippen LogP contribution is 2.19. The fourth-order valence-electron chi connectivity index (χ4n) is 1.57. The van der Waals surface area contributed by atoms with Crippen molar-refractivity contribution >= 4 is 29.1 Å². The van der Waals surface area contributed by atoms with E-state index in [0.717, 1.165) is 0 Å². The van der Waals surface area contributed by atoms with Crippen molar-refractivity contribution in [3.8, 4) is 0 Å². The number of rotatable bonds is 4. The summed E-state index contributed by atoms with van der Waals surface area (Å²) in [5, 5.41) is 2.78. The predicted octanol–water partition coefficient (Wildman–Crippen LogP) is 1.53. The number of halogens is 2. The Kier molecular flexibility index (Phi) is 6.09. The largest absolute Gasteiger partial charge is 0.378 e. The van der Waals surface area contributed by atoms with Gasteiger partial charge in [0.2, 0.25) is 5.91 Å². The van der Waals surface area contributed by atoms with Gasteiger partial charge < -0.3 is 15.0 Å². The Hall–Kier alpha value is -0.450. The van der Waals surface area contributed by atoms with Crippen LogP contribution in [0.25, 0.3) is 0 Å². The number of alkyl halides is 2. The smallest absolute Gasteiger partial charge is 0.246 e. The molecule has 0 radical (unpaired) electrons. The van der Waals surface area contributed by atoms with Crippen LogP contribution in [-0.2, 0) is 9.53 Å². The maximum atomic E-state index is 11.6. The van der Waals surface area contributed by atoms with E-state index >= 15 is 0 Å². The van der Waals surface area contributed by atoms with Crippen LogP contribution in [0.5, 0.6) is 0 Å². The van der Waals surface area contributed by atoms with E-state index in [0.29, 0.717) is 32.0 Å². The van der Waals surface area contributed by atoms with Crippen LogP contribution >= 0.6 is 23.2 Å². The zero-order valence-electron chi connectivity index (χ0n) is 10.1. The van der Waals surface area contributed by atoms with Crippen LogP contribution in [0, 0.1) is 0 Å². The molecule has 0 aromatic carbocycles. The second kappa shape index (κ2) is 7.09. The predicted molar refractivity (Wildman–Crippen MR) is 69.2 cm³/mol. The van der Waals surface area contributed by atoms with Gasteiger partial charge in [0.05, 0.1) is 18.9 Å². The number of allylic oxidation sites excluding steroid dienone is 1. The molecule has 1 amide bonds. The van der Waals surface area contributed by atoms with Crippen molar-refractivity contribution in [1.82, 2.24) is 10.2 Å². The molecule has 1 N–H and O–H groups in total. The quantitative estimate of drug-likeness (QED) is 0.627. The number of amides is 1. The van der Waals surface area contributed by atoms with Gasteiger partial charge in [-0.25, -0.2) is 0 Å². The van der Waals surface area contributed by atoms with Crippen LogP contribution in [0.15, 0.2) is 11.8 Å². The highest BCUT2D eigenvalue weighted by Gasteiger charge is 2.20. The first-order chi connectivity index (χ1) is 8.00. The van der Waals surface area contributed by atoms with Gasteiger partial charge in [-0.15, -0.1) is 0 Å². The number of hydrogen-bond donors (Lipinski definition) is 1. The Labute approximate surface area is 112 Å². The summed E-state index contributed by atoms with van der Waals surface area (Å²) in [7, 11) is 0. The van der Waals surface area contributed by atoms with Crippen molar-refractivity contribution < 1.29 is 9.53 Å². The lowest BCUT2D eigenvalue weighted by Gasteiger charge is -2.31. The number of nitrogens with one attached hydrogen (secondary N) is 1. The van der Waals surface area contributed by atoms with Crippen molar-refractivity contribution in [2.75, 3.05) is 26.3 Å². The molecule has 0 unspecified atom stereocenters. The molecule has 98 valence electrons. The topological polar surface area (TPSA) is 41.6 Å². The number of carbonyl (C=O) groups excluding carboxylic acids is 1. The molecule has 1 aliphatic rings. The fraction of sp³-hybridized carbons (Fsp3) is 0.727. The third-order valence-corrected chi connectivity index (χ3v) is 2.76. The molecule has 0 aliphatic carbocycles. The van der Waals surface area contributed by atoms with E-state index in [9.17, 15) is 4.79 Å². The van der Waals surface area contributed by atoms with Crippen LogP contribution < -0.4 is 5.32 Å². The third kappa shape index (κ3) is 5.15. The molecule has 0 saturated carbocycles. The van der Waals surface area contributed by atoms with Crippen molar-refractivity contribution in [2.24, 2.45) is 0 Å². The molecule has 1 heterocycles. The van der Waals surface area contributed by atoms with E-state index in [4.69, 9.17) is 27.9 Å². The average molecular weight is 281 g/mol. The van der Waals surface area contributed by atoms with Gasteiger partial charge in [0.25, 0.3) is 0 Å².